The second-order valence-corrected chi connectivity index (χ2v) is 9.81. The zero-order valence-electron chi connectivity index (χ0n) is 19.7. The average Bonchev–Trinajstić information content (AvgIpc) is 3.32. The fourth-order valence-electron chi connectivity index (χ4n) is 4.92. The molecule has 35 heavy (non-hydrogen) atoms. The Morgan fingerprint density at radius 1 is 1.09 bits per heavy atom. The summed E-state index contributed by atoms with van der Waals surface area (Å²) in [5.74, 6) is 1.08. The van der Waals surface area contributed by atoms with E-state index in [0.29, 0.717) is 24.8 Å². The van der Waals surface area contributed by atoms with Gasteiger partial charge in [-0.2, -0.15) is 9.61 Å². The van der Waals surface area contributed by atoms with Crippen molar-refractivity contribution in [2.24, 2.45) is 5.92 Å². The number of nitrogens with two attached hydrogens (primary N) is 1. The van der Waals surface area contributed by atoms with Gasteiger partial charge in [-0.1, -0.05) is 36.4 Å². The Morgan fingerprint density at radius 3 is 2.54 bits per heavy atom. The molecular formula is C27H28BrN5O2. The fourth-order valence-corrected chi connectivity index (χ4v) is 5.50. The van der Waals surface area contributed by atoms with Gasteiger partial charge in [0, 0.05) is 35.2 Å². The lowest BCUT2D eigenvalue weighted by atomic mass is 9.79. The van der Waals surface area contributed by atoms with Gasteiger partial charge in [-0.15, -0.1) is 0 Å². The molecule has 8 heteroatoms. The lowest BCUT2D eigenvalue weighted by Gasteiger charge is -2.28. The highest BCUT2D eigenvalue weighted by molar-refractivity contribution is 9.10. The van der Waals surface area contributed by atoms with Gasteiger partial charge < -0.3 is 10.5 Å². The van der Waals surface area contributed by atoms with Crippen molar-refractivity contribution in [1.29, 1.82) is 0 Å². The number of hydrogen-bond acceptors (Lipinski definition) is 6. The number of pyridine rings is 1. The molecule has 1 aromatic carbocycles. The number of carbonyl (C=O) groups is 1. The molecule has 0 radical (unpaired) electrons. The van der Waals surface area contributed by atoms with Crippen molar-refractivity contribution in [3.63, 3.8) is 0 Å². The number of aromatic nitrogens is 4. The average molecular weight is 534 g/mol. The van der Waals surface area contributed by atoms with E-state index in [1.165, 1.54) is 0 Å². The lowest BCUT2D eigenvalue weighted by Crippen LogP contribution is -2.19. The molecule has 2 N–H and O–H groups in total. The van der Waals surface area contributed by atoms with Crippen molar-refractivity contribution in [1.82, 2.24) is 19.6 Å². The SMILES string of the molecule is CCOC(=O)CC1CCC(c2nc3c(-c4ccc(-c5ccccc5)nc4)cnn3c(N)c2Br)CC1. The highest BCUT2D eigenvalue weighted by Crippen LogP contribution is 2.41. The first kappa shape index (κ1) is 23.5. The molecule has 3 heterocycles. The Bertz CT molecular complexity index is 1330. The van der Waals surface area contributed by atoms with Gasteiger partial charge in [0.05, 0.1) is 28.7 Å². The minimum atomic E-state index is -0.100. The molecule has 0 amide bonds. The van der Waals surface area contributed by atoms with Gasteiger partial charge >= 0.3 is 5.97 Å². The summed E-state index contributed by atoms with van der Waals surface area (Å²) in [7, 11) is 0. The van der Waals surface area contributed by atoms with Crippen molar-refractivity contribution in [2.45, 2.75) is 44.9 Å². The third-order valence-corrected chi connectivity index (χ3v) is 7.60. The van der Waals surface area contributed by atoms with Crippen molar-refractivity contribution in [3.05, 3.63) is 65.0 Å². The Kier molecular flexibility index (Phi) is 6.81. The Morgan fingerprint density at radius 2 is 1.86 bits per heavy atom. The van der Waals surface area contributed by atoms with Crippen molar-refractivity contribution >= 4 is 33.4 Å². The number of benzene rings is 1. The molecule has 0 aliphatic heterocycles. The molecule has 4 aromatic rings. The quantitative estimate of drug-likeness (QED) is 0.304. The van der Waals surface area contributed by atoms with Crippen LogP contribution in [-0.2, 0) is 9.53 Å². The van der Waals surface area contributed by atoms with Gasteiger partial charge in [0.2, 0.25) is 0 Å². The van der Waals surface area contributed by atoms with E-state index in [9.17, 15) is 4.79 Å². The number of rotatable bonds is 6. The lowest BCUT2D eigenvalue weighted by molar-refractivity contribution is -0.144. The molecule has 1 aliphatic carbocycles. The molecule has 180 valence electrons. The van der Waals surface area contributed by atoms with Gasteiger partial charge in [-0.25, -0.2) is 4.98 Å². The van der Waals surface area contributed by atoms with Crippen LogP contribution in [0.25, 0.3) is 28.0 Å². The van der Waals surface area contributed by atoms with E-state index >= 15 is 0 Å². The predicted octanol–water partition coefficient (Wildman–Crippen LogP) is 6.03. The summed E-state index contributed by atoms with van der Waals surface area (Å²) >= 11 is 3.68. The second-order valence-electron chi connectivity index (χ2n) is 9.01. The van der Waals surface area contributed by atoms with Gasteiger partial charge in [0.15, 0.2) is 5.65 Å². The summed E-state index contributed by atoms with van der Waals surface area (Å²) in [5.41, 5.74) is 12.0. The molecule has 5 rings (SSSR count). The van der Waals surface area contributed by atoms with Crippen LogP contribution in [0.1, 0.15) is 50.6 Å². The van der Waals surface area contributed by atoms with E-state index in [2.05, 4.69) is 26.0 Å². The number of halogens is 1. The third-order valence-electron chi connectivity index (χ3n) is 6.79. The molecule has 1 fully saturated rings. The minimum absolute atomic E-state index is 0.100. The summed E-state index contributed by atoms with van der Waals surface area (Å²) in [6.45, 7) is 2.28. The molecule has 0 bridgehead atoms. The van der Waals surface area contributed by atoms with Crippen LogP contribution in [0.15, 0.2) is 59.3 Å². The molecule has 0 saturated heterocycles. The third kappa shape index (κ3) is 4.80. The van der Waals surface area contributed by atoms with Crippen molar-refractivity contribution in [2.75, 3.05) is 12.3 Å². The molecule has 7 nitrogen and oxygen atoms in total. The van der Waals surface area contributed by atoms with E-state index < -0.39 is 0 Å². The first-order valence-electron chi connectivity index (χ1n) is 12.0. The minimum Gasteiger partial charge on any atom is -0.466 e. The maximum atomic E-state index is 11.9. The number of nitrogen functional groups attached to an aromatic ring is 1. The first-order chi connectivity index (χ1) is 17.0. The van der Waals surface area contributed by atoms with Crippen LogP contribution in [0.2, 0.25) is 0 Å². The van der Waals surface area contributed by atoms with Crippen LogP contribution >= 0.6 is 15.9 Å². The van der Waals surface area contributed by atoms with Crippen molar-refractivity contribution < 1.29 is 9.53 Å². The van der Waals surface area contributed by atoms with E-state index in [-0.39, 0.29) is 11.9 Å². The van der Waals surface area contributed by atoms with E-state index in [0.717, 1.165) is 63.9 Å². The van der Waals surface area contributed by atoms with E-state index in [4.69, 9.17) is 15.5 Å². The van der Waals surface area contributed by atoms with Crippen LogP contribution in [0, 0.1) is 5.92 Å². The van der Waals surface area contributed by atoms with Gasteiger partial charge in [0.1, 0.15) is 5.82 Å². The normalized spacial score (nSPS) is 18.0. The molecule has 1 saturated carbocycles. The fraction of sp³-hybridized carbons (Fsp3) is 0.333. The molecule has 0 atom stereocenters. The highest BCUT2D eigenvalue weighted by atomic mass is 79.9. The van der Waals surface area contributed by atoms with Crippen LogP contribution in [0.3, 0.4) is 0 Å². The summed E-state index contributed by atoms with van der Waals surface area (Å²) in [4.78, 5) is 21.6. The monoisotopic (exact) mass is 533 g/mol. The highest BCUT2D eigenvalue weighted by Gasteiger charge is 2.28. The summed E-state index contributed by atoms with van der Waals surface area (Å²) < 4.78 is 7.61. The number of nitrogens with zero attached hydrogens (tertiary/aromatic N) is 4. The zero-order chi connectivity index (χ0) is 24.4. The molecular weight excluding hydrogens is 506 g/mol. The van der Waals surface area contributed by atoms with Crippen LogP contribution in [-0.4, -0.2) is 32.2 Å². The number of fused-ring (bicyclic) bond motifs is 1. The second kappa shape index (κ2) is 10.2. The summed E-state index contributed by atoms with van der Waals surface area (Å²) in [6, 6.07) is 14.2. The molecule has 1 aliphatic rings. The topological polar surface area (TPSA) is 95.4 Å². The zero-order valence-corrected chi connectivity index (χ0v) is 21.2. The molecule has 3 aromatic heterocycles. The number of anilines is 1. The summed E-state index contributed by atoms with van der Waals surface area (Å²) in [5, 5.41) is 4.50. The Balaban J connectivity index is 1.41. The van der Waals surface area contributed by atoms with Crippen LogP contribution < -0.4 is 5.73 Å². The van der Waals surface area contributed by atoms with Gasteiger partial charge in [-0.3, -0.25) is 9.78 Å². The number of carbonyl (C=O) groups excluding carboxylic acids is 1. The van der Waals surface area contributed by atoms with E-state index in [1.54, 1.807) is 10.7 Å². The number of hydrogen-bond donors (Lipinski definition) is 1. The molecule has 0 spiro atoms. The maximum absolute atomic E-state index is 11.9. The largest absolute Gasteiger partial charge is 0.466 e. The summed E-state index contributed by atoms with van der Waals surface area (Å²) in [6.07, 6.45) is 8.02. The molecule has 0 unspecified atom stereocenters. The smallest absolute Gasteiger partial charge is 0.306 e. The standard InChI is InChI=1S/C27H28BrN5O2/c1-2-35-23(34)14-17-8-10-19(11-9-17)25-24(28)26(29)33-27(32-25)21(16-31-33)20-12-13-22(30-15-20)18-6-4-3-5-7-18/h3-7,12-13,15-17,19H,2,8-11,14,29H2,1H3. The first-order valence-corrected chi connectivity index (χ1v) is 12.8. The Labute approximate surface area is 212 Å². The predicted molar refractivity (Wildman–Crippen MR) is 140 cm³/mol. The van der Waals surface area contributed by atoms with Crippen molar-refractivity contribution in [3.8, 4) is 22.4 Å². The van der Waals surface area contributed by atoms with Gasteiger partial charge in [0.25, 0.3) is 0 Å². The maximum Gasteiger partial charge on any atom is 0.306 e. The van der Waals surface area contributed by atoms with Crippen LogP contribution in [0.4, 0.5) is 5.82 Å². The van der Waals surface area contributed by atoms with Crippen LogP contribution in [0.5, 0.6) is 0 Å². The van der Waals surface area contributed by atoms with Gasteiger partial charge in [-0.05, 0) is 60.5 Å². The Hall–Kier alpha value is -3.26. The van der Waals surface area contributed by atoms with E-state index in [1.807, 2.05) is 55.6 Å². The number of esters is 1. The number of ether oxygens (including phenoxy) is 1.